The number of cyclic esters (lactones) is 1. The second-order valence-corrected chi connectivity index (χ2v) is 12.7. The number of ether oxygens (including phenoxy) is 6. The Hall–Kier alpha value is -0.890. The Morgan fingerprint density at radius 2 is 1.78 bits per heavy atom. The average Bonchev–Trinajstić information content (AvgIpc) is 2.90. The molecule has 0 amide bonds. The van der Waals surface area contributed by atoms with Crippen molar-refractivity contribution >= 4 is 21.9 Å². The summed E-state index contributed by atoms with van der Waals surface area (Å²) in [4.78, 5) is 15.0. The third-order valence-electron chi connectivity index (χ3n) is 8.81. The van der Waals surface area contributed by atoms with Crippen molar-refractivity contribution in [3.8, 4) is 0 Å². The van der Waals surface area contributed by atoms with E-state index in [0.29, 0.717) is 32.1 Å². The van der Waals surface area contributed by atoms with Crippen LogP contribution in [0.2, 0.25) is 0 Å². The van der Waals surface area contributed by atoms with Crippen LogP contribution in [-0.2, 0) is 33.2 Å². The molecule has 11 heteroatoms. The number of esters is 1. The molecule has 0 saturated carbocycles. The van der Waals surface area contributed by atoms with Crippen molar-refractivity contribution in [2.24, 2.45) is 11.8 Å². The molecule has 3 aliphatic heterocycles. The van der Waals surface area contributed by atoms with Gasteiger partial charge in [-0.15, -0.1) is 0 Å². The molecule has 41 heavy (non-hydrogen) atoms. The fourth-order valence-electron chi connectivity index (χ4n) is 6.25. The molecule has 3 saturated heterocycles. The number of aliphatic hydroxyl groups is 3. The summed E-state index contributed by atoms with van der Waals surface area (Å²) >= 11 is 3.23. The van der Waals surface area contributed by atoms with Crippen molar-refractivity contribution in [1.82, 2.24) is 0 Å². The number of rotatable bonds is 8. The third kappa shape index (κ3) is 9.06. The molecular formula is C30H49BrO10. The van der Waals surface area contributed by atoms with Crippen molar-refractivity contribution in [2.45, 2.75) is 133 Å². The number of fused-ring (bicyclic) bond motifs is 2. The Morgan fingerprint density at radius 3 is 2.44 bits per heavy atom. The lowest BCUT2D eigenvalue weighted by Gasteiger charge is -2.48. The number of hydrogen-bond donors (Lipinski definition) is 3. The van der Waals surface area contributed by atoms with E-state index in [9.17, 15) is 20.1 Å². The van der Waals surface area contributed by atoms with Crippen LogP contribution in [0.15, 0.2) is 23.2 Å². The molecule has 0 aromatic heterocycles. The van der Waals surface area contributed by atoms with Gasteiger partial charge in [0.1, 0.15) is 23.9 Å². The maximum absolute atomic E-state index is 13.3. The topological polar surface area (TPSA) is 133 Å². The summed E-state index contributed by atoms with van der Waals surface area (Å²) in [5.41, 5.74) is -0.927. The predicted octanol–water partition coefficient (Wildman–Crippen LogP) is 3.74. The van der Waals surface area contributed by atoms with Crippen LogP contribution in [0.25, 0.3) is 0 Å². The van der Waals surface area contributed by atoms with Gasteiger partial charge in [0.05, 0.1) is 30.8 Å². The zero-order valence-corrected chi connectivity index (χ0v) is 26.7. The number of methoxy groups -OCH3 is 2. The largest absolute Gasteiger partial charge is 0.459 e. The van der Waals surface area contributed by atoms with E-state index in [2.05, 4.69) is 15.9 Å². The van der Waals surface area contributed by atoms with E-state index in [4.69, 9.17) is 28.4 Å². The van der Waals surface area contributed by atoms with Gasteiger partial charge in [0, 0.05) is 33.0 Å². The standard InChI is InChI=1S/C30H49BrO10/c1-18-11-12-22-19(2)23(39-28-25(34)27(37-6)26(36-5)20(3)38-28)16-30(35,40-22)17-24(33)41-29(4,15-21(18)32)13-9-7-8-10-14-31/h7-8,10,14,18-23,25-28,32,34-35H,9,11-13,15-17H2,1-6H3/b8-7+,14-10+/t18-,19+,20+,21-,22+,23+,25-,26+,27+,28+,29-,30+/m0/s1. The Balaban J connectivity index is 1.81. The molecule has 0 unspecified atom stereocenters. The van der Waals surface area contributed by atoms with E-state index < -0.39 is 72.8 Å². The van der Waals surface area contributed by atoms with Crippen LogP contribution in [0.3, 0.4) is 0 Å². The second kappa shape index (κ2) is 15.2. The average molecular weight is 650 g/mol. The van der Waals surface area contributed by atoms with Crippen molar-refractivity contribution < 1.29 is 48.5 Å². The van der Waals surface area contributed by atoms with Crippen molar-refractivity contribution in [3.63, 3.8) is 0 Å². The number of halogens is 1. The van der Waals surface area contributed by atoms with E-state index >= 15 is 0 Å². The van der Waals surface area contributed by atoms with Crippen LogP contribution in [0.5, 0.6) is 0 Å². The fourth-order valence-corrected chi connectivity index (χ4v) is 6.43. The van der Waals surface area contributed by atoms with Crippen LogP contribution in [-0.4, -0.2) is 95.9 Å². The van der Waals surface area contributed by atoms with Gasteiger partial charge in [-0.2, -0.15) is 0 Å². The first-order valence-corrected chi connectivity index (χ1v) is 15.5. The van der Waals surface area contributed by atoms with E-state index in [0.717, 1.165) is 0 Å². The molecule has 3 N–H and O–H groups in total. The second-order valence-electron chi connectivity index (χ2n) is 12.2. The van der Waals surface area contributed by atoms with E-state index in [1.807, 2.05) is 45.9 Å². The quantitative estimate of drug-likeness (QED) is 0.264. The number of hydrogen-bond acceptors (Lipinski definition) is 10. The minimum Gasteiger partial charge on any atom is -0.459 e. The van der Waals surface area contributed by atoms with Gasteiger partial charge in [0.15, 0.2) is 12.1 Å². The van der Waals surface area contributed by atoms with E-state index in [1.165, 1.54) is 14.2 Å². The predicted molar refractivity (Wildman–Crippen MR) is 155 cm³/mol. The van der Waals surface area contributed by atoms with Crippen LogP contribution in [0.1, 0.15) is 72.6 Å². The monoisotopic (exact) mass is 648 g/mol. The molecule has 3 aliphatic rings. The first kappa shape index (κ1) is 34.6. The molecule has 12 atom stereocenters. The number of carbonyl (C=O) groups is 1. The highest BCUT2D eigenvalue weighted by Crippen LogP contribution is 2.41. The summed E-state index contributed by atoms with van der Waals surface area (Å²) in [5, 5.41) is 33.7. The molecule has 3 heterocycles. The number of aliphatic hydroxyl groups excluding tert-OH is 2. The van der Waals surface area contributed by atoms with Gasteiger partial charge in [-0.3, -0.25) is 4.79 Å². The molecule has 10 nitrogen and oxygen atoms in total. The van der Waals surface area contributed by atoms with Crippen LogP contribution in [0.4, 0.5) is 0 Å². The van der Waals surface area contributed by atoms with Crippen molar-refractivity contribution in [1.29, 1.82) is 0 Å². The van der Waals surface area contributed by atoms with E-state index in [1.54, 1.807) is 4.99 Å². The molecule has 0 radical (unpaired) electrons. The highest BCUT2D eigenvalue weighted by atomic mass is 79.9. The van der Waals surface area contributed by atoms with Crippen molar-refractivity contribution in [3.05, 3.63) is 23.2 Å². The SMILES string of the molecule is CO[C@@H]1[C@H](O)[C@@H](O[C@@H]2C[C@]3(O)CC(=O)O[C@@](C)(CC/C=C/C=C/Br)C[C@H](O)[C@@H](C)CC[C@@H](O3)[C@H]2C)O[C@H](C)[C@H]1OC. The summed E-state index contributed by atoms with van der Waals surface area (Å²) in [6.45, 7) is 7.57. The minimum absolute atomic E-state index is 0.0113. The first-order chi connectivity index (χ1) is 19.3. The maximum Gasteiger partial charge on any atom is 0.311 e. The van der Waals surface area contributed by atoms with Gasteiger partial charge in [0.25, 0.3) is 0 Å². The Bertz CT molecular complexity index is 900. The lowest BCUT2D eigenvalue weighted by molar-refractivity contribution is -0.346. The maximum atomic E-state index is 13.3. The highest BCUT2D eigenvalue weighted by molar-refractivity contribution is 9.11. The van der Waals surface area contributed by atoms with Gasteiger partial charge >= 0.3 is 5.97 Å². The molecular weight excluding hydrogens is 600 g/mol. The zero-order chi connectivity index (χ0) is 30.4. The van der Waals surface area contributed by atoms with E-state index in [-0.39, 0.29) is 18.3 Å². The molecule has 2 bridgehead atoms. The molecule has 3 rings (SSSR count). The van der Waals surface area contributed by atoms with Gasteiger partial charge < -0.3 is 43.7 Å². The fraction of sp³-hybridized carbons (Fsp3) is 0.833. The summed E-state index contributed by atoms with van der Waals surface area (Å²) in [5.74, 6) is -2.74. The van der Waals surface area contributed by atoms with Crippen molar-refractivity contribution in [2.75, 3.05) is 14.2 Å². The molecule has 3 fully saturated rings. The van der Waals surface area contributed by atoms with Crippen LogP contribution in [0, 0.1) is 11.8 Å². The molecule has 0 aliphatic carbocycles. The van der Waals surface area contributed by atoms with Crippen LogP contribution < -0.4 is 0 Å². The zero-order valence-electron chi connectivity index (χ0n) is 25.1. The minimum atomic E-state index is -1.83. The number of allylic oxidation sites excluding steroid dienone is 3. The lowest BCUT2D eigenvalue weighted by Crippen LogP contribution is -2.61. The summed E-state index contributed by atoms with van der Waals surface area (Å²) < 4.78 is 35.4. The summed E-state index contributed by atoms with van der Waals surface area (Å²) in [6, 6.07) is 0. The van der Waals surface area contributed by atoms with Gasteiger partial charge in [-0.05, 0) is 50.4 Å². The van der Waals surface area contributed by atoms with Gasteiger partial charge in [-0.25, -0.2) is 0 Å². The van der Waals surface area contributed by atoms with Crippen LogP contribution >= 0.6 is 15.9 Å². The molecule has 0 aromatic rings. The Labute approximate surface area is 252 Å². The smallest absolute Gasteiger partial charge is 0.311 e. The lowest BCUT2D eigenvalue weighted by atomic mass is 9.81. The summed E-state index contributed by atoms with van der Waals surface area (Å²) in [6.07, 6.45) is 2.49. The molecule has 0 spiro atoms. The third-order valence-corrected chi connectivity index (χ3v) is 9.12. The Kier molecular flexibility index (Phi) is 12.8. The number of carbonyl (C=O) groups excluding carboxylic acids is 1. The molecule has 0 aromatic carbocycles. The molecule has 236 valence electrons. The summed E-state index contributed by atoms with van der Waals surface area (Å²) in [7, 11) is 3.03. The normalized spacial score (nSPS) is 44.9. The van der Waals surface area contributed by atoms with Gasteiger partial charge in [-0.1, -0.05) is 48.0 Å². The first-order valence-electron chi connectivity index (χ1n) is 14.6. The highest BCUT2D eigenvalue weighted by Gasteiger charge is 2.51. The van der Waals surface area contributed by atoms with Gasteiger partial charge in [0.2, 0.25) is 0 Å². The Morgan fingerprint density at radius 1 is 1.07 bits per heavy atom.